The molecule has 1 amide bonds. The Bertz CT molecular complexity index is 216. The molecule has 1 aliphatic carbocycles. The largest absolute Gasteiger partial charge is 0.481 e. The maximum atomic E-state index is 10.8. The lowest BCUT2D eigenvalue weighted by atomic mass is 10.0. The maximum Gasteiger partial charge on any atom is 0.407 e. The number of nitrogens with one attached hydrogen (secondary N) is 1. The van der Waals surface area contributed by atoms with Crippen LogP contribution in [0.2, 0.25) is 0 Å². The van der Waals surface area contributed by atoms with Gasteiger partial charge in [-0.1, -0.05) is 6.42 Å². The second-order valence-corrected chi connectivity index (χ2v) is 3.12. The molecule has 0 saturated heterocycles. The van der Waals surface area contributed by atoms with E-state index < -0.39 is 18.0 Å². The van der Waals surface area contributed by atoms with Gasteiger partial charge in [-0.3, -0.25) is 4.79 Å². The summed E-state index contributed by atoms with van der Waals surface area (Å²) in [4.78, 5) is 21.5. The molecule has 0 aromatic carbocycles. The number of methoxy groups -OCH3 is 1. The smallest absolute Gasteiger partial charge is 0.407 e. The number of carboxylic acid groups (broad SMARTS) is 1. The summed E-state index contributed by atoms with van der Waals surface area (Å²) in [5.74, 6) is -1.31. The first-order valence-electron chi connectivity index (χ1n) is 4.22. The summed E-state index contributed by atoms with van der Waals surface area (Å²) in [6, 6.07) is -0.273. The lowest BCUT2D eigenvalue weighted by molar-refractivity contribution is -0.142. The van der Waals surface area contributed by atoms with Crippen LogP contribution in [0.3, 0.4) is 0 Å². The first-order chi connectivity index (χ1) is 6.15. The van der Waals surface area contributed by atoms with Crippen LogP contribution in [-0.4, -0.2) is 30.3 Å². The zero-order valence-corrected chi connectivity index (χ0v) is 7.45. The van der Waals surface area contributed by atoms with Crippen molar-refractivity contribution < 1.29 is 19.4 Å². The van der Waals surface area contributed by atoms with Crippen LogP contribution in [-0.2, 0) is 9.53 Å². The molecule has 2 atom stereocenters. The molecule has 1 fully saturated rings. The topological polar surface area (TPSA) is 75.6 Å². The van der Waals surface area contributed by atoms with E-state index in [0.717, 1.165) is 6.42 Å². The van der Waals surface area contributed by atoms with Gasteiger partial charge in [0.25, 0.3) is 0 Å². The molecule has 0 radical (unpaired) electrons. The van der Waals surface area contributed by atoms with E-state index in [9.17, 15) is 9.59 Å². The predicted molar refractivity (Wildman–Crippen MR) is 44.3 cm³/mol. The molecule has 0 aliphatic heterocycles. The van der Waals surface area contributed by atoms with Crippen molar-refractivity contribution in [2.24, 2.45) is 5.92 Å². The number of hydrogen-bond donors (Lipinski definition) is 2. The third-order valence-electron chi connectivity index (χ3n) is 2.32. The molecular weight excluding hydrogens is 174 g/mol. The van der Waals surface area contributed by atoms with Crippen molar-refractivity contribution in [2.45, 2.75) is 25.3 Å². The molecule has 0 heterocycles. The van der Waals surface area contributed by atoms with Crippen LogP contribution < -0.4 is 5.32 Å². The average Bonchev–Trinajstić information content (AvgIpc) is 2.52. The Morgan fingerprint density at radius 3 is 2.69 bits per heavy atom. The van der Waals surface area contributed by atoms with Crippen LogP contribution >= 0.6 is 0 Å². The number of carbonyl (C=O) groups excluding carboxylic acids is 1. The van der Waals surface area contributed by atoms with Crippen molar-refractivity contribution in [2.75, 3.05) is 7.11 Å². The summed E-state index contributed by atoms with van der Waals surface area (Å²) in [5, 5.41) is 11.3. The molecule has 0 spiro atoms. The Hall–Kier alpha value is -1.26. The zero-order chi connectivity index (χ0) is 9.84. The van der Waals surface area contributed by atoms with Crippen LogP contribution in [0.1, 0.15) is 19.3 Å². The van der Waals surface area contributed by atoms with Gasteiger partial charge in [0.1, 0.15) is 0 Å². The van der Waals surface area contributed by atoms with E-state index in [1.807, 2.05) is 0 Å². The average molecular weight is 187 g/mol. The van der Waals surface area contributed by atoms with Crippen molar-refractivity contribution in [3.63, 3.8) is 0 Å². The number of alkyl carbamates (subject to hydrolysis) is 1. The van der Waals surface area contributed by atoms with Gasteiger partial charge >= 0.3 is 12.1 Å². The lowest BCUT2D eigenvalue weighted by Gasteiger charge is -2.16. The summed E-state index contributed by atoms with van der Waals surface area (Å²) in [7, 11) is 1.26. The standard InChI is InChI=1S/C8H13NO4/c1-13-8(12)9-6-4-2-3-5(6)7(10)11/h5-6H,2-4H2,1H3,(H,9,12)(H,10,11)/t5-,6-/m1/s1. The minimum Gasteiger partial charge on any atom is -0.481 e. The van der Waals surface area contributed by atoms with Gasteiger partial charge in [-0.2, -0.15) is 0 Å². The molecule has 1 aliphatic rings. The van der Waals surface area contributed by atoms with Crippen LogP contribution in [0.5, 0.6) is 0 Å². The molecule has 5 heteroatoms. The molecular formula is C8H13NO4. The summed E-state index contributed by atoms with van der Waals surface area (Å²) in [6.45, 7) is 0. The van der Waals surface area contributed by atoms with E-state index in [1.54, 1.807) is 0 Å². The van der Waals surface area contributed by atoms with Crippen molar-refractivity contribution in [1.82, 2.24) is 5.32 Å². The highest BCUT2D eigenvalue weighted by Gasteiger charge is 2.33. The highest BCUT2D eigenvalue weighted by molar-refractivity contribution is 5.73. The normalized spacial score (nSPS) is 26.8. The fourth-order valence-electron chi connectivity index (χ4n) is 1.64. The van der Waals surface area contributed by atoms with Gasteiger partial charge in [-0.25, -0.2) is 4.79 Å². The molecule has 1 saturated carbocycles. The van der Waals surface area contributed by atoms with Crippen LogP contribution in [0.25, 0.3) is 0 Å². The van der Waals surface area contributed by atoms with Gasteiger partial charge in [0.2, 0.25) is 0 Å². The highest BCUT2D eigenvalue weighted by atomic mass is 16.5. The van der Waals surface area contributed by atoms with Gasteiger partial charge in [-0.05, 0) is 12.8 Å². The van der Waals surface area contributed by atoms with E-state index >= 15 is 0 Å². The minimum atomic E-state index is -0.848. The van der Waals surface area contributed by atoms with E-state index in [-0.39, 0.29) is 6.04 Å². The third-order valence-corrected chi connectivity index (χ3v) is 2.32. The summed E-state index contributed by atoms with van der Waals surface area (Å²) in [6.07, 6.45) is 1.62. The molecule has 5 nitrogen and oxygen atoms in total. The van der Waals surface area contributed by atoms with Gasteiger partial charge in [0, 0.05) is 6.04 Å². The molecule has 0 unspecified atom stereocenters. The number of amides is 1. The number of ether oxygens (including phenoxy) is 1. The molecule has 0 bridgehead atoms. The molecule has 0 aromatic heterocycles. The highest BCUT2D eigenvalue weighted by Crippen LogP contribution is 2.25. The van der Waals surface area contributed by atoms with Gasteiger partial charge in [0.15, 0.2) is 0 Å². The number of aliphatic carboxylic acids is 1. The van der Waals surface area contributed by atoms with Crippen molar-refractivity contribution in [3.8, 4) is 0 Å². The van der Waals surface area contributed by atoms with Crippen LogP contribution in [0, 0.1) is 5.92 Å². The van der Waals surface area contributed by atoms with E-state index in [0.29, 0.717) is 12.8 Å². The second kappa shape index (κ2) is 4.11. The summed E-state index contributed by atoms with van der Waals surface area (Å²) < 4.78 is 4.40. The fourth-order valence-corrected chi connectivity index (χ4v) is 1.64. The van der Waals surface area contributed by atoms with Crippen LogP contribution in [0.4, 0.5) is 4.79 Å². The second-order valence-electron chi connectivity index (χ2n) is 3.12. The van der Waals surface area contributed by atoms with Gasteiger partial charge in [-0.15, -0.1) is 0 Å². The monoisotopic (exact) mass is 187 g/mol. The number of carbonyl (C=O) groups is 2. The van der Waals surface area contributed by atoms with Gasteiger partial charge in [0.05, 0.1) is 13.0 Å². The molecule has 2 N–H and O–H groups in total. The Labute approximate surface area is 76.1 Å². The van der Waals surface area contributed by atoms with Crippen molar-refractivity contribution in [3.05, 3.63) is 0 Å². The Balaban J connectivity index is 2.48. The first-order valence-corrected chi connectivity index (χ1v) is 4.22. The third kappa shape index (κ3) is 2.34. The molecule has 13 heavy (non-hydrogen) atoms. The fraction of sp³-hybridized carbons (Fsp3) is 0.750. The number of rotatable bonds is 2. The molecule has 74 valence electrons. The zero-order valence-electron chi connectivity index (χ0n) is 7.45. The predicted octanol–water partition coefficient (Wildman–Crippen LogP) is 0.596. The van der Waals surface area contributed by atoms with Crippen LogP contribution in [0.15, 0.2) is 0 Å². The molecule has 1 rings (SSSR count). The Morgan fingerprint density at radius 2 is 2.15 bits per heavy atom. The number of carboxylic acids is 1. The quantitative estimate of drug-likeness (QED) is 0.663. The summed E-state index contributed by atoms with van der Waals surface area (Å²) in [5.41, 5.74) is 0. The number of hydrogen-bond acceptors (Lipinski definition) is 3. The lowest BCUT2D eigenvalue weighted by Crippen LogP contribution is -2.40. The van der Waals surface area contributed by atoms with Crippen molar-refractivity contribution >= 4 is 12.1 Å². The first kappa shape index (κ1) is 9.83. The molecule has 0 aromatic rings. The SMILES string of the molecule is COC(=O)N[C@@H]1CCC[C@H]1C(=O)O. The maximum absolute atomic E-state index is 10.8. The summed E-state index contributed by atoms with van der Waals surface area (Å²) >= 11 is 0. The van der Waals surface area contributed by atoms with E-state index in [1.165, 1.54) is 7.11 Å². The minimum absolute atomic E-state index is 0.273. The Kier molecular flexibility index (Phi) is 3.11. The van der Waals surface area contributed by atoms with E-state index in [2.05, 4.69) is 10.1 Å². The van der Waals surface area contributed by atoms with E-state index in [4.69, 9.17) is 5.11 Å². The van der Waals surface area contributed by atoms with Gasteiger partial charge < -0.3 is 15.2 Å². The Morgan fingerprint density at radius 1 is 1.46 bits per heavy atom. The van der Waals surface area contributed by atoms with Crippen molar-refractivity contribution in [1.29, 1.82) is 0 Å².